The normalized spacial score (nSPS) is 11.9. The second-order valence-corrected chi connectivity index (χ2v) is 7.92. The van der Waals surface area contributed by atoms with Crippen molar-refractivity contribution in [3.05, 3.63) is 64.9 Å². The lowest BCUT2D eigenvalue weighted by molar-refractivity contribution is -0.111. The van der Waals surface area contributed by atoms with Crippen LogP contribution in [0.2, 0.25) is 5.02 Å². The van der Waals surface area contributed by atoms with Gasteiger partial charge < -0.3 is 5.32 Å². The van der Waals surface area contributed by atoms with Crippen LogP contribution in [0, 0.1) is 5.82 Å². The Morgan fingerprint density at radius 1 is 1.19 bits per heavy atom. The topological polar surface area (TPSA) is 66.5 Å². The highest BCUT2D eigenvalue weighted by molar-refractivity contribution is 7.89. The van der Waals surface area contributed by atoms with Gasteiger partial charge in [0.1, 0.15) is 5.82 Å². The fourth-order valence-corrected chi connectivity index (χ4v) is 4.19. The van der Waals surface area contributed by atoms with Gasteiger partial charge in [0, 0.05) is 30.4 Å². The summed E-state index contributed by atoms with van der Waals surface area (Å²) in [7, 11) is -3.63. The van der Waals surface area contributed by atoms with Gasteiger partial charge in [-0.05, 0) is 36.4 Å². The molecule has 2 aromatic rings. The number of carbonyl (C=O) groups is 1. The molecule has 2 rings (SSSR count). The summed E-state index contributed by atoms with van der Waals surface area (Å²) in [5, 5.41) is 2.75. The van der Waals surface area contributed by atoms with Crippen molar-refractivity contribution < 1.29 is 17.6 Å². The van der Waals surface area contributed by atoms with E-state index in [9.17, 15) is 17.6 Å². The maximum absolute atomic E-state index is 13.7. The third-order valence-corrected chi connectivity index (χ3v) is 6.22. The zero-order valence-electron chi connectivity index (χ0n) is 14.9. The van der Waals surface area contributed by atoms with Crippen molar-refractivity contribution in [2.24, 2.45) is 0 Å². The van der Waals surface area contributed by atoms with Gasteiger partial charge in [-0.3, -0.25) is 4.79 Å². The number of nitrogens with one attached hydrogen (secondary N) is 1. The second-order valence-electron chi connectivity index (χ2n) is 5.58. The molecule has 0 heterocycles. The van der Waals surface area contributed by atoms with Gasteiger partial charge in [0.2, 0.25) is 15.9 Å². The minimum absolute atomic E-state index is 0.0881. The summed E-state index contributed by atoms with van der Waals surface area (Å²) in [5.74, 6) is -1.08. The molecule has 0 fully saturated rings. The number of benzene rings is 2. The van der Waals surface area contributed by atoms with Gasteiger partial charge in [-0.1, -0.05) is 37.6 Å². The largest absolute Gasteiger partial charge is 0.322 e. The highest BCUT2D eigenvalue weighted by Gasteiger charge is 2.21. The van der Waals surface area contributed by atoms with Crippen molar-refractivity contribution in [2.45, 2.75) is 18.7 Å². The van der Waals surface area contributed by atoms with E-state index in [1.54, 1.807) is 26.0 Å². The lowest BCUT2D eigenvalue weighted by Gasteiger charge is -2.18. The predicted octanol–water partition coefficient (Wildman–Crippen LogP) is 4.16. The van der Waals surface area contributed by atoms with E-state index in [4.69, 9.17) is 11.6 Å². The number of sulfonamides is 1. The summed E-state index contributed by atoms with van der Waals surface area (Å²) in [6, 6.07) is 10.2. The number of nitrogens with zero attached hydrogens (tertiary/aromatic N) is 1. The standard InChI is InChI=1S/C19H20ClFN2O3S/c1-3-23(4-2)27(25,26)15-8-5-7-14(13-15)22-19(24)12-11-16-17(20)9-6-10-18(16)21/h5-13H,3-4H2,1-2H3,(H,22,24)/b12-11+. The van der Waals surface area contributed by atoms with Gasteiger partial charge in [-0.15, -0.1) is 0 Å². The molecule has 0 radical (unpaired) electrons. The van der Waals surface area contributed by atoms with Crippen molar-refractivity contribution >= 4 is 39.3 Å². The fraction of sp³-hybridized carbons (Fsp3) is 0.211. The van der Waals surface area contributed by atoms with Gasteiger partial charge >= 0.3 is 0 Å². The van der Waals surface area contributed by atoms with E-state index in [2.05, 4.69) is 5.32 Å². The van der Waals surface area contributed by atoms with E-state index in [-0.39, 0.29) is 15.5 Å². The molecule has 0 aliphatic carbocycles. The molecule has 0 saturated carbocycles. The Labute approximate surface area is 163 Å². The molecule has 5 nitrogen and oxygen atoms in total. The molecule has 144 valence electrons. The lowest BCUT2D eigenvalue weighted by Crippen LogP contribution is -2.30. The zero-order valence-corrected chi connectivity index (χ0v) is 16.5. The van der Waals surface area contributed by atoms with Gasteiger partial charge in [-0.2, -0.15) is 4.31 Å². The minimum atomic E-state index is -3.63. The van der Waals surface area contributed by atoms with Crippen LogP contribution in [0.3, 0.4) is 0 Å². The summed E-state index contributed by atoms with van der Waals surface area (Å²) < 4.78 is 40.2. The molecule has 0 aliphatic heterocycles. The Hall–Kier alpha value is -2.22. The first-order chi connectivity index (χ1) is 12.8. The van der Waals surface area contributed by atoms with Gasteiger partial charge in [-0.25, -0.2) is 12.8 Å². The highest BCUT2D eigenvalue weighted by Crippen LogP contribution is 2.21. The van der Waals surface area contributed by atoms with E-state index in [1.165, 1.54) is 40.7 Å². The average Bonchev–Trinajstić information content (AvgIpc) is 2.62. The van der Waals surface area contributed by atoms with E-state index in [1.807, 2.05) is 0 Å². The smallest absolute Gasteiger partial charge is 0.248 e. The first kappa shape index (κ1) is 21.1. The van der Waals surface area contributed by atoms with Crippen molar-refractivity contribution in [3.8, 4) is 0 Å². The van der Waals surface area contributed by atoms with Crippen LogP contribution in [0.5, 0.6) is 0 Å². The van der Waals surface area contributed by atoms with E-state index < -0.39 is 21.7 Å². The van der Waals surface area contributed by atoms with Gasteiger partial charge in [0.15, 0.2) is 0 Å². The summed E-state index contributed by atoms with van der Waals surface area (Å²) in [6.45, 7) is 4.21. The van der Waals surface area contributed by atoms with Crippen LogP contribution in [0.25, 0.3) is 6.08 Å². The summed E-state index contributed by atoms with van der Waals surface area (Å²) in [5.41, 5.74) is 0.421. The number of halogens is 2. The minimum Gasteiger partial charge on any atom is -0.322 e. The van der Waals surface area contributed by atoms with Gasteiger partial charge in [0.05, 0.1) is 9.92 Å². The van der Waals surface area contributed by atoms with Crippen LogP contribution >= 0.6 is 11.6 Å². The lowest BCUT2D eigenvalue weighted by atomic mass is 10.2. The molecule has 8 heteroatoms. The fourth-order valence-electron chi connectivity index (χ4n) is 2.46. The van der Waals surface area contributed by atoms with Crippen molar-refractivity contribution in [2.75, 3.05) is 18.4 Å². The molecule has 0 aliphatic rings. The first-order valence-corrected chi connectivity index (χ1v) is 10.1. The van der Waals surface area contributed by atoms with Crippen molar-refractivity contribution in [3.63, 3.8) is 0 Å². The highest BCUT2D eigenvalue weighted by atomic mass is 35.5. The molecule has 1 N–H and O–H groups in total. The van der Waals surface area contributed by atoms with Crippen LogP contribution in [0.15, 0.2) is 53.4 Å². The molecule has 2 aromatic carbocycles. The molecule has 0 unspecified atom stereocenters. The summed E-state index contributed by atoms with van der Waals surface area (Å²) in [6.07, 6.45) is 2.40. The summed E-state index contributed by atoms with van der Waals surface area (Å²) >= 11 is 5.91. The molecule has 0 atom stereocenters. The molecule has 1 amide bonds. The van der Waals surface area contributed by atoms with Crippen molar-refractivity contribution in [1.29, 1.82) is 0 Å². The zero-order chi connectivity index (χ0) is 20.0. The Morgan fingerprint density at radius 2 is 1.85 bits per heavy atom. The van der Waals surface area contributed by atoms with Crippen LogP contribution in [-0.2, 0) is 14.8 Å². The SMILES string of the molecule is CCN(CC)S(=O)(=O)c1cccc(NC(=O)/C=C/c2c(F)cccc2Cl)c1. The number of hydrogen-bond donors (Lipinski definition) is 1. The molecular weight excluding hydrogens is 391 g/mol. The van der Waals surface area contributed by atoms with Crippen LogP contribution in [0.4, 0.5) is 10.1 Å². The number of anilines is 1. The third kappa shape index (κ3) is 5.15. The first-order valence-electron chi connectivity index (χ1n) is 8.32. The van der Waals surface area contributed by atoms with E-state index in [0.717, 1.165) is 6.08 Å². The second kappa shape index (κ2) is 9.12. The number of hydrogen-bond acceptors (Lipinski definition) is 3. The Kier molecular flexibility index (Phi) is 7.12. The third-order valence-electron chi connectivity index (χ3n) is 3.85. The number of rotatable bonds is 7. The molecule has 0 saturated heterocycles. The van der Waals surface area contributed by atoms with Crippen LogP contribution in [0.1, 0.15) is 19.4 Å². The molecular formula is C19H20ClFN2O3S. The average molecular weight is 411 g/mol. The number of amides is 1. The molecule has 27 heavy (non-hydrogen) atoms. The summed E-state index contributed by atoms with van der Waals surface area (Å²) in [4.78, 5) is 12.2. The van der Waals surface area contributed by atoms with Crippen molar-refractivity contribution in [1.82, 2.24) is 4.31 Å². The Morgan fingerprint density at radius 3 is 2.48 bits per heavy atom. The van der Waals surface area contributed by atoms with Crippen LogP contribution < -0.4 is 5.32 Å². The van der Waals surface area contributed by atoms with E-state index in [0.29, 0.717) is 18.8 Å². The Balaban J connectivity index is 2.19. The molecule has 0 bridgehead atoms. The monoisotopic (exact) mass is 410 g/mol. The molecule has 0 spiro atoms. The maximum Gasteiger partial charge on any atom is 0.248 e. The Bertz CT molecular complexity index is 937. The van der Waals surface area contributed by atoms with Crippen LogP contribution in [-0.4, -0.2) is 31.7 Å². The molecule has 0 aromatic heterocycles. The number of carbonyl (C=O) groups excluding carboxylic acids is 1. The maximum atomic E-state index is 13.7. The predicted molar refractivity (Wildman–Crippen MR) is 106 cm³/mol. The quantitative estimate of drug-likeness (QED) is 0.697. The van der Waals surface area contributed by atoms with E-state index >= 15 is 0 Å². The van der Waals surface area contributed by atoms with Gasteiger partial charge in [0.25, 0.3) is 0 Å².